The van der Waals surface area contributed by atoms with Gasteiger partial charge in [0.1, 0.15) is 40.7 Å². The summed E-state index contributed by atoms with van der Waals surface area (Å²) in [5.74, 6) is -2.47. The number of benzene rings is 2. The number of methoxy groups -OCH3 is 2. The van der Waals surface area contributed by atoms with Crippen molar-refractivity contribution in [2.75, 3.05) is 50.0 Å². The Labute approximate surface area is 375 Å². The van der Waals surface area contributed by atoms with Crippen LogP contribution in [0.2, 0.25) is 5.02 Å². The predicted octanol–water partition coefficient (Wildman–Crippen LogP) is 4.38. The number of amides is 5. The highest BCUT2D eigenvalue weighted by Crippen LogP contribution is 2.49. The number of carbonyl (C=O) groups is 6. The van der Waals surface area contributed by atoms with Crippen molar-refractivity contribution in [2.24, 2.45) is 11.7 Å². The topological polar surface area (TPSA) is 229 Å². The third kappa shape index (κ3) is 11.7. The van der Waals surface area contributed by atoms with Gasteiger partial charge in [0, 0.05) is 57.0 Å². The lowest BCUT2D eigenvalue weighted by Crippen LogP contribution is -2.63. The van der Waals surface area contributed by atoms with Crippen LogP contribution in [0.5, 0.6) is 5.75 Å². The van der Waals surface area contributed by atoms with E-state index in [1.54, 1.807) is 57.3 Å². The fourth-order valence-corrected chi connectivity index (χ4v) is 8.67. The Morgan fingerprint density at radius 2 is 1.87 bits per heavy atom. The van der Waals surface area contributed by atoms with Crippen molar-refractivity contribution in [3.8, 4) is 5.75 Å². The van der Waals surface area contributed by atoms with Crippen molar-refractivity contribution in [2.45, 2.75) is 95.2 Å². The fourth-order valence-electron chi connectivity index (χ4n) is 7.63. The summed E-state index contributed by atoms with van der Waals surface area (Å²) in [4.78, 5) is 80.8. The maximum Gasteiger partial charge on any atom is 0.409 e. The van der Waals surface area contributed by atoms with E-state index < -0.39 is 71.6 Å². The zero-order chi connectivity index (χ0) is 46.4. The highest BCUT2D eigenvalue weighted by molar-refractivity contribution is 7.99. The van der Waals surface area contributed by atoms with Crippen LogP contribution in [0.1, 0.15) is 62.9 Å². The molecule has 2 fully saturated rings. The average molecular weight is 914 g/mol. The number of ether oxygens (including phenoxy) is 5. The Balaban J connectivity index is 1.34. The number of likely N-dealkylation sites (N-methyl/N-ethyl adjacent to an activating group) is 1. The van der Waals surface area contributed by atoms with Gasteiger partial charge >= 0.3 is 12.1 Å². The number of fused-ring (bicyclic) bond motifs is 5. The molecule has 0 saturated carbocycles. The smallest absolute Gasteiger partial charge is 0.409 e. The molecule has 8 atom stereocenters. The number of alkyl carbamates (subject to hydrolysis) is 1. The van der Waals surface area contributed by atoms with E-state index in [-0.39, 0.29) is 47.6 Å². The maximum atomic E-state index is 14.3. The average Bonchev–Trinajstić information content (AvgIpc) is 3.94. The molecule has 2 aromatic rings. The van der Waals surface area contributed by atoms with E-state index >= 15 is 0 Å². The summed E-state index contributed by atoms with van der Waals surface area (Å²) in [5, 5.41) is 17.2. The first-order chi connectivity index (χ1) is 29.7. The molecule has 2 saturated heterocycles. The molecule has 0 spiro atoms. The van der Waals surface area contributed by atoms with Crippen molar-refractivity contribution in [3.05, 3.63) is 76.3 Å². The number of thioether (sulfide) groups is 1. The van der Waals surface area contributed by atoms with E-state index in [0.29, 0.717) is 29.1 Å². The summed E-state index contributed by atoms with van der Waals surface area (Å²) in [6, 6.07) is 8.57. The van der Waals surface area contributed by atoms with Crippen molar-refractivity contribution < 1.29 is 57.6 Å². The van der Waals surface area contributed by atoms with Gasteiger partial charge in [0.05, 0.1) is 31.1 Å². The highest BCUT2D eigenvalue weighted by Gasteiger charge is 2.64. The van der Waals surface area contributed by atoms with Crippen LogP contribution in [-0.4, -0.2) is 127 Å². The van der Waals surface area contributed by atoms with Gasteiger partial charge in [-0.2, -0.15) is 11.8 Å². The van der Waals surface area contributed by atoms with Crippen LogP contribution in [-0.2, 0) is 44.5 Å². The summed E-state index contributed by atoms with van der Waals surface area (Å²) in [6.07, 6.45) is 0.539. The van der Waals surface area contributed by atoms with Crippen LogP contribution in [0.15, 0.2) is 60.2 Å². The number of hydrogen-bond acceptors (Lipinski definition) is 13. The second kappa shape index (κ2) is 20.6. The maximum absolute atomic E-state index is 14.3. The summed E-state index contributed by atoms with van der Waals surface area (Å²) < 4.78 is 29.3. The molecule has 5 rings (SSSR count). The van der Waals surface area contributed by atoms with Gasteiger partial charge in [0.25, 0.3) is 0 Å². The fraction of sp³-hybridized carbons (Fsp3) is 0.500. The van der Waals surface area contributed by atoms with Crippen LogP contribution in [0.25, 0.3) is 0 Å². The van der Waals surface area contributed by atoms with Crippen molar-refractivity contribution in [1.29, 1.82) is 0 Å². The molecule has 5 amide bonds. The van der Waals surface area contributed by atoms with Gasteiger partial charge < -0.3 is 49.6 Å². The number of allylic oxidation sites excluding steroid dienone is 3. The molecule has 0 aliphatic carbocycles. The SMILES string of the molecule is COc1cc2cc(c1Cl)N(C)C(=O)C[C@H](OC(=O)[C@H](C)N(C)C(=O)CCSCC(=O)Nc1ccc(C(N)=O)cc1)[C@]1(C)O[C@H]1[C@H](C)C1C[C@@](O)(NC(=O)O1)[C@H](OC)/C=C/C=C(\C)C2. The van der Waals surface area contributed by atoms with Gasteiger partial charge in [-0.15, -0.1) is 0 Å². The van der Waals surface area contributed by atoms with Gasteiger partial charge in [-0.05, 0) is 69.2 Å². The lowest BCUT2D eigenvalue weighted by atomic mass is 9.83. The number of aliphatic hydroxyl groups is 1. The van der Waals surface area contributed by atoms with Crippen LogP contribution in [0.4, 0.5) is 16.2 Å². The minimum absolute atomic E-state index is 0.00609. The Hall–Kier alpha value is -5.14. The van der Waals surface area contributed by atoms with Gasteiger partial charge in [-0.25, -0.2) is 9.59 Å². The van der Waals surface area contributed by atoms with Crippen molar-refractivity contribution in [3.63, 3.8) is 0 Å². The minimum Gasteiger partial charge on any atom is -0.495 e. The number of nitrogens with two attached hydrogens (primary N) is 1. The van der Waals surface area contributed by atoms with E-state index in [4.69, 9.17) is 41.0 Å². The molecule has 4 bridgehead atoms. The van der Waals surface area contributed by atoms with Crippen LogP contribution < -0.4 is 26.0 Å². The Morgan fingerprint density at radius 1 is 1.17 bits per heavy atom. The third-order valence-electron chi connectivity index (χ3n) is 11.7. The minimum atomic E-state index is -1.86. The molecule has 0 aromatic heterocycles. The molecular formula is C44H56ClN5O12S. The first-order valence-electron chi connectivity index (χ1n) is 20.3. The number of nitrogens with one attached hydrogen (secondary N) is 2. The number of carbonyl (C=O) groups excluding carboxylic acids is 6. The van der Waals surface area contributed by atoms with Gasteiger partial charge in [0.2, 0.25) is 23.6 Å². The summed E-state index contributed by atoms with van der Waals surface area (Å²) >= 11 is 8.01. The number of nitrogens with zero attached hydrogens (tertiary/aromatic N) is 2. The lowest BCUT2D eigenvalue weighted by molar-refractivity contribution is -0.162. The first kappa shape index (κ1) is 48.9. The lowest BCUT2D eigenvalue weighted by Gasteiger charge is -2.42. The number of halogens is 1. The zero-order valence-electron chi connectivity index (χ0n) is 36.6. The quantitative estimate of drug-likeness (QED) is 0.132. The molecule has 0 radical (unpaired) electrons. The Bertz CT molecular complexity index is 2140. The number of hydrogen-bond donors (Lipinski definition) is 4. The molecule has 342 valence electrons. The molecule has 3 aliphatic rings. The highest BCUT2D eigenvalue weighted by atomic mass is 35.5. The van der Waals surface area contributed by atoms with E-state index in [1.165, 1.54) is 61.9 Å². The summed E-state index contributed by atoms with van der Waals surface area (Å²) in [5.41, 5.74) is 4.95. The Morgan fingerprint density at radius 3 is 2.52 bits per heavy atom. The van der Waals surface area contributed by atoms with E-state index in [9.17, 15) is 33.9 Å². The monoisotopic (exact) mass is 913 g/mol. The standard InChI is InChI=1S/C44H56ClN5O12S/c1-24-10-9-11-33(59-8)44(57)22-32(60-42(56)48-44)25(2)39-43(4,62-39)34(21-37(53)50(6)30-19-27(18-24)20-31(58-7)38(30)45)61-41(55)26(3)49(5)36(52)16-17-63-23-35(51)47-29-14-12-28(13-15-29)40(46)54/h9-15,19-20,25-26,32-34,39,57H,16-18,21-23H2,1-8H3,(H2,46,54)(H,47,51)(H,48,56)/b11-9+,24-10+/t25-,26+,32?,33-,34+,39+,43+,44+/m1/s1. The van der Waals surface area contributed by atoms with E-state index in [0.717, 1.165) is 11.1 Å². The predicted molar refractivity (Wildman–Crippen MR) is 236 cm³/mol. The third-order valence-corrected chi connectivity index (χ3v) is 13.0. The largest absolute Gasteiger partial charge is 0.495 e. The number of anilines is 2. The molecule has 19 heteroatoms. The Kier molecular flexibility index (Phi) is 16.0. The van der Waals surface area contributed by atoms with Crippen LogP contribution >= 0.6 is 23.4 Å². The van der Waals surface area contributed by atoms with Gasteiger partial charge in [-0.3, -0.25) is 24.5 Å². The van der Waals surface area contributed by atoms with Crippen LogP contribution in [0.3, 0.4) is 0 Å². The number of epoxide rings is 1. The normalized spacial score (nSPS) is 27.9. The van der Waals surface area contributed by atoms with Crippen LogP contribution in [0, 0.1) is 5.92 Å². The molecular weight excluding hydrogens is 858 g/mol. The zero-order valence-corrected chi connectivity index (χ0v) is 38.2. The molecule has 17 nitrogen and oxygen atoms in total. The molecule has 1 unspecified atom stereocenters. The second-order valence-corrected chi connectivity index (χ2v) is 17.7. The molecule has 3 aliphatic heterocycles. The van der Waals surface area contributed by atoms with Gasteiger partial charge in [0.15, 0.2) is 5.72 Å². The van der Waals surface area contributed by atoms with E-state index in [2.05, 4.69) is 10.6 Å². The molecule has 5 N–H and O–H groups in total. The van der Waals surface area contributed by atoms with Gasteiger partial charge in [-0.1, -0.05) is 42.3 Å². The van der Waals surface area contributed by atoms with Crippen molar-refractivity contribution in [1.82, 2.24) is 10.2 Å². The summed E-state index contributed by atoms with van der Waals surface area (Å²) in [6.45, 7) is 6.87. The number of primary amides is 1. The molecule has 63 heavy (non-hydrogen) atoms. The number of rotatable bonds is 12. The molecule has 2 aromatic carbocycles. The second-order valence-electron chi connectivity index (χ2n) is 16.2. The molecule has 3 heterocycles. The van der Waals surface area contributed by atoms with E-state index in [1.807, 2.05) is 13.0 Å². The summed E-state index contributed by atoms with van der Waals surface area (Å²) in [7, 11) is 5.90. The number of esters is 1. The first-order valence-corrected chi connectivity index (χ1v) is 21.9. The van der Waals surface area contributed by atoms with Crippen molar-refractivity contribution >= 4 is 70.4 Å².